The molecular formula is C20H21BrN2O3S2. The summed E-state index contributed by atoms with van der Waals surface area (Å²) in [5.74, 6) is -0.0846. The van der Waals surface area contributed by atoms with Gasteiger partial charge >= 0.3 is 0 Å². The molecule has 0 bridgehead atoms. The molecule has 148 valence electrons. The zero-order chi connectivity index (χ0) is 19.8. The molecule has 5 nitrogen and oxygen atoms in total. The van der Waals surface area contributed by atoms with E-state index in [2.05, 4.69) is 26.2 Å². The van der Waals surface area contributed by atoms with Gasteiger partial charge in [0.25, 0.3) is 0 Å². The standard InChI is InChI=1S/C20H21BrN2O3S2/c1-2-25-6-7-26-11-14-4-3-5-16(8-14)22-19(24)10-17-13-28-20(23-17)18-9-15(21)12-27-18/h3-5,8-9,12-13H,2,6-7,10-11H2,1H3,(H,22,24). The SMILES string of the molecule is CCOCCOCc1cccc(NC(=O)Cc2csc(-c3cc(Br)cs3)n2)c1. The van der Waals surface area contributed by atoms with E-state index in [1.165, 1.54) is 0 Å². The summed E-state index contributed by atoms with van der Waals surface area (Å²) in [4.78, 5) is 18.0. The Bertz CT molecular complexity index is 910. The van der Waals surface area contributed by atoms with Crippen LogP contribution < -0.4 is 5.32 Å². The number of halogens is 1. The van der Waals surface area contributed by atoms with Gasteiger partial charge in [0, 0.05) is 27.5 Å². The van der Waals surface area contributed by atoms with Crippen LogP contribution in [0.2, 0.25) is 0 Å². The Kier molecular flexibility index (Phi) is 8.17. The van der Waals surface area contributed by atoms with Crippen molar-refractivity contribution in [3.05, 3.63) is 56.8 Å². The molecule has 3 rings (SSSR count). The van der Waals surface area contributed by atoms with Crippen LogP contribution in [-0.4, -0.2) is 30.7 Å². The van der Waals surface area contributed by atoms with Crippen molar-refractivity contribution in [1.82, 2.24) is 4.98 Å². The van der Waals surface area contributed by atoms with E-state index in [4.69, 9.17) is 9.47 Å². The average molecular weight is 481 g/mol. The number of ether oxygens (including phenoxy) is 2. The normalized spacial score (nSPS) is 10.9. The van der Waals surface area contributed by atoms with Crippen molar-refractivity contribution in [2.45, 2.75) is 20.0 Å². The molecule has 0 atom stereocenters. The summed E-state index contributed by atoms with van der Waals surface area (Å²) in [6.45, 7) is 4.28. The number of amides is 1. The molecule has 1 aromatic carbocycles. The quantitative estimate of drug-likeness (QED) is 0.396. The largest absolute Gasteiger partial charge is 0.379 e. The van der Waals surface area contributed by atoms with Gasteiger partial charge < -0.3 is 14.8 Å². The molecule has 0 spiro atoms. The predicted octanol–water partition coefficient (Wildman–Crippen LogP) is 5.37. The molecular weight excluding hydrogens is 460 g/mol. The van der Waals surface area contributed by atoms with Crippen molar-refractivity contribution in [2.75, 3.05) is 25.1 Å². The molecule has 3 aromatic rings. The molecule has 0 aliphatic rings. The topological polar surface area (TPSA) is 60.5 Å². The summed E-state index contributed by atoms with van der Waals surface area (Å²) in [5.41, 5.74) is 2.54. The van der Waals surface area contributed by atoms with E-state index in [-0.39, 0.29) is 12.3 Å². The zero-order valence-corrected chi connectivity index (χ0v) is 18.7. The number of rotatable bonds is 10. The third kappa shape index (κ3) is 6.49. The summed E-state index contributed by atoms with van der Waals surface area (Å²) in [6.07, 6.45) is 0.248. The van der Waals surface area contributed by atoms with Gasteiger partial charge in [-0.15, -0.1) is 22.7 Å². The van der Waals surface area contributed by atoms with Crippen LogP contribution >= 0.6 is 38.6 Å². The predicted molar refractivity (Wildman–Crippen MR) is 118 cm³/mol. The van der Waals surface area contributed by atoms with E-state index >= 15 is 0 Å². The van der Waals surface area contributed by atoms with E-state index in [1.54, 1.807) is 22.7 Å². The number of thiazole rings is 1. The van der Waals surface area contributed by atoms with E-state index in [1.807, 2.05) is 48.0 Å². The zero-order valence-electron chi connectivity index (χ0n) is 15.4. The minimum absolute atomic E-state index is 0.0846. The highest BCUT2D eigenvalue weighted by Gasteiger charge is 2.11. The molecule has 1 N–H and O–H groups in total. The Morgan fingerprint density at radius 1 is 1.18 bits per heavy atom. The van der Waals surface area contributed by atoms with E-state index in [0.717, 1.165) is 31.3 Å². The van der Waals surface area contributed by atoms with Crippen molar-refractivity contribution < 1.29 is 14.3 Å². The highest BCUT2D eigenvalue weighted by atomic mass is 79.9. The van der Waals surface area contributed by atoms with Crippen molar-refractivity contribution in [2.24, 2.45) is 0 Å². The molecule has 1 amide bonds. The maximum atomic E-state index is 12.4. The van der Waals surface area contributed by atoms with Crippen LogP contribution in [-0.2, 0) is 27.3 Å². The van der Waals surface area contributed by atoms with Gasteiger partial charge in [0.05, 0.1) is 36.8 Å². The fraction of sp³-hybridized carbons (Fsp3) is 0.300. The van der Waals surface area contributed by atoms with Crippen LogP contribution in [0.15, 0.2) is 45.6 Å². The summed E-state index contributed by atoms with van der Waals surface area (Å²) in [6, 6.07) is 9.72. The average Bonchev–Trinajstić information content (AvgIpc) is 3.30. The molecule has 8 heteroatoms. The molecule has 0 radical (unpaired) electrons. The van der Waals surface area contributed by atoms with E-state index in [0.29, 0.717) is 26.4 Å². The van der Waals surface area contributed by atoms with Gasteiger partial charge in [-0.05, 0) is 46.6 Å². The Morgan fingerprint density at radius 3 is 2.82 bits per heavy atom. The molecule has 2 heterocycles. The first-order valence-corrected chi connectivity index (χ1v) is 11.4. The second kappa shape index (κ2) is 10.8. The third-order valence-electron chi connectivity index (χ3n) is 3.73. The van der Waals surface area contributed by atoms with Crippen LogP contribution in [0.3, 0.4) is 0 Å². The Balaban J connectivity index is 1.51. The van der Waals surface area contributed by atoms with Crippen molar-refractivity contribution in [1.29, 1.82) is 0 Å². The van der Waals surface area contributed by atoms with Crippen molar-refractivity contribution in [3.8, 4) is 9.88 Å². The van der Waals surface area contributed by atoms with Crippen LogP contribution in [0, 0.1) is 0 Å². The molecule has 0 aliphatic carbocycles. The van der Waals surface area contributed by atoms with Gasteiger partial charge in [0.15, 0.2) is 0 Å². The summed E-state index contributed by atoms with van der Waals surface area (Å²) >= 11 is 6.64. The lowest BCUT2D eigenvalue weighted by Gasteiger charge is -2.08. The van der Waals surface area contributed by atoms with Crippen molar-refractivity contribution >= 4 is 50.2 Å². The monoisotopic (exact) mass is 480 g/mol. The highest BCUT2D eigenvalue weighted by molar-refractivity contribution is 9.10. The lowest BCUT2D eigenvalue weighted by molar-refractivity contribution is -0.115. The van der Waals surface area contributed by atoms with Gasteiger partial charge in [-0.2, -0.15) is 0 Å². The first-order valence-electron chi connectivity index (χ1n) is 8.87. The maximum Gasteiger partial charge on any atom is 0.230 e. The fourth-order valence-corrected chi connectivity index (χ4v) is 4.81. The van der Waals surface area contributed by atoms with Crippen LogP contribution in [0.1, 0.15) is 18.2 Å². The molecule has 2 aromatic heterocycles. The minimum atomic E-state index is -0.0846. The van der Waals surface area contributed by atoms with Gasteiger partial charge in [-0.25, -0.2) is 4.98 Å². The second-order valence-electron chi connectivity index (χ2n) is 5.95. The Morgan fingerprint density at radius 2 is 2.04 bits per heavy atom. The smallest absolute Gasteiger partial charge is 0.230 e. The van der Waals surface area contributed by atoms with Gasteiger partial charge in [-0.1, -0.05) is 12.1 Å². The number of anilines is 1. The minimum Gasteiger partial charge on any atom is -0.379 e. The number of hydrogen-bond donors (Lipinski definition) is 1. The van der Waals surface area contributed by atoms with Gasteiger partial charge in [0.2, 0.25) is 5.91 Å². The molecule has 0 fully saturated rings. The summed E-state index contributed by atoms with van der Waals surface area (Å²) in [5, 5.41) is 7.83. The molecule has 0 aliphatic heterocycles. The Hall–Kier alpha value is -1.58. The highest BCUT2D eigenvalue weighted by Crippen LogP contribution is 2.32. The maximum absolute atomic E-state index is 12.4. The summed E-state index contributed by atoms with van der Waals surface area (Å²) < 4.78 is 11.9. The van der Waals surface area contributed by atoms with Gasteiger partial charge in [0.1, 0.15) is 5.01 Å². The number of benzene rings is 1. The second-order valence-corrected chi connectivity index (χ2v) is 8.63. The Labute approximate surface area is 180 Å². The first kappa shape index (κ1) is 21.1. The molecule has 0 saturated heterocycles. The number of nitrogens with one attached hydrogen (secondary N) is 1. The number of nitrogens with zero attached hydrogens (tertiary/aromatic N) is 1. The van der Waals surface area contributed by atoms with Gasteiger partial charge in [-0.3, -0.25) is 4.79 Å². The number of hydrogen-bond acceptors (Lipinski definition) is 6. The number of carbonyl (C=O) groups excluding carboxylic acids is 1. The fourth-order valence-electron chi connectivity index (χ4n) is 2.49. The van der Waals surface area contributed by atoms with E-state index in [9.17, 15) is 4.79 Å². The van der Waals surface area contributed by atoms with Crippen LogP contribution in [0.25, 0.3) is 9.88 Å². The first-order chi connectivity index (χ1) is 13.6. The number of aromatic nitrogens is 1. The lowest BCUT2D eigenvalue weighted by atomic mass is 10.2. The van der Waals surface area contributed by atoms with Crippen molar-refractivity contribution in [3.63, 3.8) is 0 Å². The molecule has 0 unspecified atom stereocenters. The number of carbonyl (C=O) groups is 1. The van der Waals surface area contributed by atoms with E-state index < -0.39 is 0 Å². The third-order valence-corrected chi connectivity index (χ3v) is 6.48. The summed E-state index contributed by atoms with van der Waals surface area (Å²) in [7, 11) is 0. The van der Waals surface area contributed by atoms with Crippen LogP contribution in [0.5, 0.6) is 0 Å². The lowest BCUT2D eigenvalue weighted by Crippen LogP contribution is -2.14. The number of thiophene rings is 1. The molecule has 28 heavy (non-hydrogen) atoms. The van der Waals surface area contributed by atoms with Crippen LogP contribution in [0.4, 0.5) is 5.69 Å². The molecule has 0 saturated carbocycles.